The number of aryl methyl sites for hydroxylation is 1. The van der Waals surface area contributed by atoms with Crippen molar-refractivity contribution in [3.63, 3.8) is 0 Å². The molecule has 0 amide bonds. The summed E-state index contributed by atoms with van der Waals surface area (Å²) in [4.78, 5) is 20.8. The molecule has 28 heavy (non-hydrogen) atoms. The second kappa shape index (κ2) is 7.68. The highest BCUT2D eigenvalue weighted by molar-refractivity contribution is 6.09. The van der Waals surface area contributed by atoms with Gasteiger partial charge in [0.25, 0.3) is 0 Å². The topological polar surface area (TPSA) is 48.6 Å². The van der Waals surface area contributed by atoms with E-state index in [2.05, 4.69) is 52.9 Å². The molecule has 3 aromatic rings. The van der Waals surface area contributed by atoms with Gasteiger partial charge >= 0.3 is 0 Å². The SMILES string of the molecule is COc1ccc2c(C(=O)CN3CCN(c4cccc(C)c4)[C@@H](C)C3)c[nH]c2c1. The Labute approximate surface area is 165 Å². The summed E-state index contributed by atoms with van der Waals surface area (Å²) in [7, 11) is 1.65. The number of ketones is 1. The number of aromatic amines is 1. The van der Waals surface area contributed by atoms with Crippen LogP contribution < -0.4 is 9.64 Å². The average molecular weight is 377 g/mol. The van der Waals surface area contributed by atoms with Crippen molar-refractivity contribution in [2.24, 2.45) is 0 Å². The summed E-state index contributed by atoms with van der Waals surface area (Å²) in [6.45, 7) is 7.51. The molecule has 0 unspecified atom stereocenters. The van der Waals surface area contributed by atoms with Gasteiger partial charge in [0.2, 0.25) is 0 Å². The zero-order valence-electron chi connectivity index (χ0n) is 16.7. The van der Waals surface area contributed by atoms with Crippen molar-refractivity contribution < 1.29 is 9.53 Å². The lowest BCUT2D eigenvalue weighted by atomic mass is 10.1. The van der Waals surface area contributed by atoms with Gasteiger partial charge in [-0.05, 0) is 43.7 Å². The molecular weight excluding hydrogens is 350 g/mol. The first-order chi connectivity index (χ1) is 13.5. The van der Waals surface area contributed by atoms with E-state index in [1.54, 1.807) is 7.11 Å². The number of nitrogens with zero attached hydrogens (tertiary/aromatic N) is 2. The van der Waals surface area contributed by atoms with E-state index in [0.29, 0.717) is 12.6 Å². The van der Waals surface area contributed by atoms with Crippen molar-refractivity contribution in [3.8, 4) is 5.75 Å². The van der Waals surface area contributed by atoms with Crippen LogP contribution in [-0.4, -0.2) is 55.0 Å². The molecule has 1 N–H and O–H groups in total. The number of methoxy groups -OCH3 is 1. The van der Waals surface area contributed by atoms with Gasteiger partial charge in [0, 0.05) is 60.1 Å². The number of carbonyl (C=O) groups excluding carboxylic acids is 1. The second-order valence-corrected chi connectivity index (χ2v) is 7.65. The number of hydrogen-bond acceptors (Lipinski definition) is 4. The second-order valence-electron chi connectivity index (χ2n) is 7.65. The lowest BCUT2D eigenvalue weighted by Crippen LogP contribution is -2.53. The van der Waals surface area contributed by atoms with E-state index in [1.807, 2.05) is 24.4 Å². The van der Waals surface area contributed by atoms with Crippen LogP contribution in [0.3, 0.4) is 0 Å². The molecule has 5 heteroatoms. The Kier molecular flexibility index (Phi) is 5.09. The van der Waals surface area contributed by atoms with E-state index in [1.165, 1.54) is 11.3 Å². The minimum absolute atomic E-state index is 0.160. The molecule has 5 nitrogen and oxygen atoms in total. The Balaban J connectivity index is 1.43. The first kappa shape index (κ1) is 18.6. The number of ether oxygens (including phenoxy) is 1. The van der Waals surface area contributed by atoms with Crippen LogP contribution in [0, 0.1) is 6.92 Å². The fraction of sp³-hybridized carbons (Fsp3) is 0.348. The Hall–Kier alpha value is -2.79. The van der Waals surface area contributed by atoms with Crippen molar-refractivity contribution in [1.29, 1.82) is 0 Å². The summed E-state index contributed by atoms with van der Waals surface area (Å²) in [5.74, 6) is 0.946. The van der Waals surface area contributed by atoms with E-state index < -0.39 is 0 Å². The summed E-state index contributed by atoms with van der Waals surface area (Å²) in [6.07, 6.45) is 1.82. The predicted molar refractivity (Wildman–Crippen MR) is 114 cm³/mol. The number of rotatable bonds is 5. The lowest BCUT2D eigenvalue weighted by Gasteiger charge is -2.41. The molecule has 2 aromatic carbocycles. The summed E-state index contributed by atoms with van der Waals surface area (Å²) >= 11 is 0. The molecule has 0 spiro atoms. The number of H-pyrrole nitrogens is 1. The molecule has 1 saturated heterocycles. The maximum absolute atomic E-state index is 12.9. The predicted octanol–water partition coefficient (Wildman–Crippen LogP) is 3.88. The van der Waals surface area contributed by atoms with Crippen LogP contribution in [0.4, 0.5) is 5.69 Å². The van der Waals surface area contributed by atoms with Crippen molar-refractivity contribution >= 4 is 22.4 Å². The molecule has 1 aromatic heterocycles. The van der Waals surface area contributed by atoms with Gasteiger partial charge < -0.3 is 14.6 Å². The van der Waals surface area contributed by atoms with E-state index in [0.717, 1.165) is 41.9 Å². The van der Waals surface area contributed by atoms with Gasteiger partial charge in [-0.25, -0.2) is 0 Å². The van der Waals surface area contributed by atoms with E-state index in [9.17, 15) is 4.79 Å². The molecule has 0 aliphatic carbocycles. The summed E-state index contributed by atoms with van der Waals surface area (Å²) in [6, 6.07) is 14.8. The van der Waals surface area contributed by atoms with Crippen LogP contribution in [0.5, 0.6) is 5.75 Å². The number of anilines is 1. The first-order valence-electron chi connectivity index (χ1n) is 9.79. The van der Waals surface area contributed by atoms with Gasteiger partial charge in [-0.15, -0.1) is 0 Å². The van der Waals surface area contributed by atoms with Crippen molar-refractivity contribution in [2.75, 3.05) is 38.2 Å². The molecule has 1 aliphatic rings. The van der Waals surface area contributed by atoms with Gasteiger partial charge in [-0.2, -0.15) is 0 Å². The van der Waals surface area contributed by atoms with Gasteiger partial charge in [0.15, 0.2) is 5.78 Å². The van der Waals surface area contributed by atoms with Crippen molar-refractivity contribution in [1.82, 2.24) is 9.88 Å². The number of aromatic nitrogens is 1. The number of benzene rings is 2. The Bertz CT molecular complexity index is 994. The quantitative estimate of drug-likeness (QED) is 0.686. The summed E-state index contributed by atoms with van der Waals surface area (Å²) < 4.78 is 5.26. The highest BCUT2D eigenvalue weighted by atomic mass is 16.5. The number of nitrogens with one attached hydrogen (secondary N) is 1. The van der Waals surface area contributed by atoms with Crippen molar-refractivity contribution in [3.05, 3.63) is 59.8 Å². The van der Waals surface area contributed by atoms with Crippen LogP contribution in [0.2, 0.25) is 0 Å². The molecule has 2 heterocycles. The standard InChI is InChI=1S/C23H27N3O2/c1-16-5-4-6-18(11-16)26-10-9-25(14-17(26)2)15-23(27)21-13-24-22-12-19(28-3)7-8-20(21)22/h4-8,11-13,17,24H,9-10,14-15H2,1-3H3/t17-/m0/s1. The third kappa shape index (κ3) is 3.62. The van der Waals surface area contributed by atoms with Crippen LogP contribution in [0.25, 0.3) is 10.9 Å². The molecule has 0 radical (unpaired) electrons. The molecule has 1 atom stereocenters. The third-order valence-electron chi connectivity index (χ3n) is 5.60. The Morgan fingerprint density at radius 1 is 1.21 bits per heavy atom. The third-order valence-corrected chi connectivity index (χ3v) is 5.60. The minimum atomic E-state index is 0.160. The van der Waals surface area contributed by atoms with Gasteiger partial charge in [-0.3, -0.25) is 9.69 Å². The van der Waals surface area contributed by atoms with Gasteiger partial charge in [-0.1, -0.05) is 12.1 Å². The largest absolute Gasteiger partial charge is 0.497 e. The molecule has 146 valence electrons. The number of hydrogen-bond donors (Lipinski definition) is 1. The lowest BCUT2D eigenvalue weighted by molar-refractivity contribution is 0.0919. The maximum atomic E-state index is 12.9. The maximum Gasteiger partial charge on any atom is 0.178 e. The van der Waals surface area contributed by atoms with E-state index >= 15 is 0 Å². The smallest absolute Gasteiger partial charge is 0.178 e. The number of fused-ring (bicyclic) bond motifs is 1. The zero-order valence-corrected chi connectivity index (χ0v) is 16.7. The number of carbonyl (C=O) groups is 1. The van der Waals surface area contributed by atoms with Crippen LogP contribution in [-0.2, 0) is 0 Å². The molecular formula is C23H27N3O2. The molecule has 0 bridgehead atoms. The number of piperazine rings is 1. The Morgan fingerprint density at radius 3 is 2.82 bits per heavy atom. The zero-order chi connectivity index (χ0) is 19.7. The highest BCUT2D eigenvalue weighted by Gasteiger charge is 2.26. The Morgan fingerprint density at radius 2 is 2.07 bits per heavy atom. The fourth-order valence-electron chi connectivity index (χ4n) is 4.12. The van der Waals surface area contributed by atoms with Crippen LogP contribution in [0.15, 0.2) is 48.7 Å². The monoisotopic (exact) mass is 377 g/mol. The fourth-order valence-corrected chi connectivity index (χ4v) is 4.12. The molecule has 0 saturated carbocycles. The van der Waals surface area contributed by atoms with Crippen LogP contribution in [0.1, 0.15) is 22.8 Å². The summed E-state index contributed by atoms with van der Waals surface area (Å²) in [5.41, 5.74) is 4.23. The highest BCUT2D eigenvalue weighted by Crippen LogP contribution is 2.25. The van der Waals surface area contributed by atoms with Crippen LogP contribution >= 0.6 is 0 Å². The normalized spacial score (nSPS) is 17.8. The number of Topliss-reactive ketones (excluding diaryl/α,β-unsaturated/α-hetero) is 1. The summed E-state index contributed by atoms with van der Waals surface area (Å²) in [5, 5.41) is 0.956. The first-order valence-corrected chi connectivity index (χ1v) is 9.79. The molecule has 1 aliphatic heterocycles. The van der Waals surface area contributed by atoms with Gasteiger partial charge in [0.1, 0.15) is 5.75 Å². The average Bonchev–Trinajstić information content (AvgIpc) is 3.11. The minimum Gasteiger partial charge on any atom is -0.497 e. The molecule has 4 rings (SSSR count). The van der Waals surface area contributed by atoms with Gasteiger partial charge in [0.05, 0.1) is 13.7 Å². The van der Waals surface area contributed by atoms with E-state index in [4.69, 9.17) is 4.74 Å². The van der Waals surface area contributed by atoms with Crippen molar-refractivity contribution in [2.45, 2.75) is 19.9 Å². The van der Waals surface area contributed by atoms with E-state index in [-0.39, 0.29) is 5.78 Å². The molecule has 1 fully saturated rings.